The predicted octanol–water partition coefficient (Wildman–Crippen LogP) is 4.98. The Morgan fingerprint density at radius 3 is 2.61 bits per heavy atom. The Kier molecular flexibility index (Phi) is 5.37. The van der Waals surface area contributed by atoms with Crippen LogP contribution in [0.3, 0.4) is 0 Å². The van der Waals surface area contributed by atoms with Gasteiger partial charge < -0.3 is 4.74 Å². The molecule has 2 aromatic rings. The fraction of sp³-hybridized carbons (Fsp3) is 0.167. The number of hydrogen-bond donors (Lipinski definition) is 1. The van der Waals surface area contributed by atoms with Gasteiger partial charge in [0.15, 0.2) is 5.17 Å². The van der Waals surface area contributed by atoms with Gasteiger partial charge in [-0.25, -0.2) is 4.79 Å². The third-order valence-electron chi connectivity index (χ3n) is 4.88. The highest BCUT2D eigenvalue weighted by molar-refractivity contribution is 8.16. The Morgan fingerprint density at radius 1 is 1.16 bits per heavy atom. The number of thioether (sulfide) groups is 1. The van der Waals surface area contributed by atoms with E-state index in [2.05, 4.69) is 25.8 Å². The van der Waals surface area contributed by atoms with E-state index in [-0.39, 0.29) is 16.8 Å². The van der Waals surface area contributed by atoms with E-state index >= 15 is 0 Å². The Morgan fingerprint density at radius 2 is 1.90 bits per heavy atom. The number of esters is 1. The van der Waals surface area contributed by atoms with Crippen LogP contribution in [-0.4, -0.2) is 27.8 Å². The molecule has 0 unspecified atom stereocenters. The highest BCUT2D eigenvalue weighted by Crippen LogP contribution is 2.28. The summed E-state index contributed by atoms with van der Waals surface area (Å²) in [6, 6.07) is 14.2. The minimum atomic E-state index is -0.464. The largest absolute Gasteiger partial charge is 0.423 e. The number of amides is 1. The molecule has 1 amide bonds. The molecule has 0 aliphatic carbocycles. The van der Waals surface area contributed by atoms with Crippen LogP contribution in [0, 0.1) is 5.41 Å². The molecule has 0 bridgehead atoms. The number of fused-ring (bicyclic) bond motifs is 1. The number of nitrogens with one attached hydrogen (secondary N) is 1. The fourth-order valence-corrected chi connectivity index (χ4v) is 3.84. The monoisotopic (exact) mass is 431 g/mol. The Hall–Kier alpha value is -3.45. The molecule has 0 radical (unpaired) electrons. The van der Waals surface area contributed by atoms with E-state index in [0.29, 0.717) is 22.0 Å². The second-order valence-corrected chi connectivity index (χ2v) is 9.04. The van der Waals surface area contributed by atoms with Gasteiger partial charge in [0.2, 0.25) is 0 Å². The van der Waals surface area contributed by atoms with Crippen molar-refractivity contribution in [3.8, 4) is 5.75 Å². The zero-order valence-electron chi connectivity index (χ0n) is 17.4. The first-order chi connectivity index (χ1) is 14.7. The van der Waals surface area contributed by atoms with Crippen LogP contribution in [0.2, 0.25) is 0 Å². The zero-order valence-corrected chi connectivity index (χ0v) is 18.2. The number of carbonyl (C=O) groups excluding carboxylic acids is 2. The van der Waals surface area contributed by atoms with E-state index in [1.165, 1.54) is 11.8 Å². The van der Waals surface area contributed by atoms with E-state index in [0.717, 1.165) is 5.56 Å². The lowest BCUT2D eigenvalue weighted by atomic mass is 9.87. The number of carbonyl (C=O) groups is 2. The normalized spacial score (nSPS) is 17.1. The van der Waals surface area contributed by atoms with Gasteiger partial charge in [-0.3, -0.25) is 15.1 Å². The lowest BCUT2D eigenvalue weighted by Gasteiger charge is -2.22. The second-order valence-electron chi connectivity index (χ2n) is 8.17. The van der Waals surface area contributed by atoms with Crippen LogP contribution in [0.25, 0.3) is 6.08 Å². The lowest BCUT2D eigenvalue weighted by molar-refractivity contribution is -0.114. The predicted molar refractivity (Wildman–Crippen MR) is 123 cm³/mol. The number of amidine groups is 2. The van der Waals surface area contributed by atoms with Crippen molar-refractivity contribution in [3.63, 3.8) is 0 Å². The van der Waals surface area contributed by atoms with E-state index in [9.17, 15) is 9.59 Å². The van der Waals surface area contributed by atoms with Crippen LogP contribution in [0.15, 0.2) is 70.7 Å². The summed E-state index contributed by atoms with van der Waals surface area (Å²) in [6.45, 7) is 6.34. The van der Waals surface area contributed by atoms with Crippen molar-refractivity contribution in [2.45, 2.75) is 26.2 Å². The minimum Gasteiger partial charge on any atom is -0.423 e. The number of rotatable bonds is 3. The van der Waals surface area contributed by atoms with E-state index in [4.69, 9.17) is 10.1 Å². The number of hydrogen-bond acceptors (Lipinski definition) is 5. The Balaban J connectivity index is 1.53. The van der Waals surface area contributed by atoms with Crippen molar-refractivity contribution >= 4 is 40.7 Å². The van der Waals surface area contributed by atoms with Crippen LogP contribution >= 0.6 is 11.8 Å². The third-order valence-corrected chi connectivity index (χ3v) is 5.64. The number of ether oxygens (including phenoxy) is 1. The van der Waals surface area contributed by atoms with Crippen molar-refractivity contribution in [1.29, 1.82) is 5.41 Å². The van der Waals surface area contributed by atoms with Gasteiger partial charge in [-0.1, -0.05) is 56.8 Å². The summed E-state index contributed by atoms with van der Waals surface area (Å²) >= 11 is 1.30. The van der Waals surface area contributed by atoms with Crippen molar-refractivity contribution < 1.29 is 14.3 Å². The molecule has 4 rings (SSSR count). The highest BCUT2D eigenvalue weighted by Gasteiger charge is 2.31. The molecule has 1 N–H and O–H groups in total. The van der Waals surface area contributed by atoms with Gasteiger partial charge in [-0.05, 0) is 52.3 Å². The highest BCUT2D eigenvalue weighted by atomic mass is 32.2. The minimum absolute atomic E-state index is 0.00288. The molecule has 0 spiro atoms. The number of aliphatic imine (C=N–C) groups is 1. The van der Waals surface area contributed by atoms with Crippen LogP contribution in [0.4, 0.5) is 0 Å². The topological polar surface area (TPSA) is 82.8 Å². The van der Waals surface area contributed by atoms with Crippen molar-refractivity contribution in [2.24, 2.45) is 4.99 Å². The Bertz CT molecular complexity index is 1170. The van der Waals surface area contributed by atoms with Gasteiger partial charge in [0.25, 0.3) is 5.91 Å². The molecule has 7 heteroatoms. The molecule has 6 nitrogen and oxygen atoms in total. The van der Waals surface area contributed by atoms with Crippen molar-refractivity contribution in [2.75, 3.05) is 0 Å². The first-order valence-electron chi connectivity index (χ1n) is 9.71. The standard InChI is InChI=1S/C24H21N3O3S/c1-24(2,3)17-9-7-16(8-10-17)22(29)30-18-6-4-5-15(13-18)14-19-20(25)27-11-12-31-23(27)26-21(19)28/h4-14,25H,1-3H3/b19-14+,25-20?. The van der Waals surface area contributed by atoms with Gasteiger partial charge in [-0.2, -0.15) is 4.99 Å². The molecule has 0 atom stereocenters. The first-order valence-corrected chi connectivity index (χ1v) is 10.6. The molecule has 2 aliphatic rings. The molecule has 0 aromatic heterocycles. The molecule has 156 valence electrons. The average Bonchev–Trinajstić information content (AvgIpc) is 3.19. The van der Waals surface area contributed by atoms with Crippen LogP contribution in [0.5, 0.6) is 5.75 Å². The lowest BCUT2D eigenvalue weighted by Crippen LogP contribution is -2.35. The molecule has 31 heavy (non-hydrogen) atoms. The van der Waals surface area contributed by atoms with Crippen molar-refractivity contribution in [1.82, 2.24) is 4.90 Å². The molecule has 2 aromatic carbocycles. The second kappa shape index (κ2) is 8.00. The zero-order chi connectivity index (χ0) is 22.2. The molecule has 2 heterocycles. The molecular weight excluding hydrogens is 410 g/mol. The SMILES string of the molecule is CC(C)(C)c1ccc(C(=O)Oc2cccc(/C=C3\C(=N)N4C=CSC4=NC3=O)c2)cc1. The quantitative estimate of drug-likeness (QED) is 0.421. The maximum Gasteiger partial charge on any atom is 0.343 e. The summed E-state index contributed by atoms with van der Waals surface area (Å²) in [5.41, 5.74) is 2.41. The van der Waals surface area contributed by atoms with E-state index in [1.54, 1.807) is 59.0 Å². The smallest absolute Gasteiger partial charge is 0.343 e. The van der Waals surface area contributed by atoms with E-state index < -0.39 is 11.9 Å². The molecule has 0 saturated heterocycles. The molecule has 0 saturated carbocycles. The fourth-order valence-electron chi connectivity index (χ4n) is 3.14. The van der Waals surface area contributed by atoms with Gasteiger partial charge in [-0.15, -0.1) is 0 Å². The van der Waals surface area contributed by atoms with Crippen LogP contribution in [-0.2, 0) is 10.2 Å². The summed E-state index contributed by atoms with van der Waals surface area (Å²) in [6.07, 6.45) is 3.28. The van der Waals surface area contributed by atoms with Gasteiger partial charge in [0, 0.05) is 6.20 Å². The summed E-state index contributed by atoms with van der Waals surface area (Å²) in [7, 11) is 0. The summed E-state index contributed by atoms with van der Waals surface area (Å²) in [5, 5.41) is 10.6. The first kappa shape index (κ1) is 20.8. The van der Waals surface area contributed by atoms with Crippen LogP contribution < -0.4 is 4.74 Å². The molecule has 0 fully saturated rings. The average molecular weight is 432 g/mol. The maximum absolute atomic E-state index is 12.5. The number of nitrogens with zero attached hydrogens (tertiary/aromatic N) is 2. The Labute approximate surface area is 184 Å². The molecule has 2 aliphatic heterocycles. The van der Waals surface area contributed by atoms with E-state index in [1.807, 2.05) is 12.1 Å². The van der Waals surface area contributed by atoms with Gasteiger partial charge >= 0.3 is 5.97 Å². The number of benzene rings is 2. The maximum atomic E-state index is 12.5. The van der Waals surface area contributed by atoms with Gasteiger partial charge in [0.05, 0.1) is 11.1 Å². The molecular formula is C24H21N3O3S. The summed E-state index contributed by atoms with van der Waals surface area (Å²) < 4.78 is 5.52. The van der Waals surface area contributed by atoms with Crippen LogP contribution in [0.1, 0.15) is 42.3 Å². The summed E-state index contributed by atoms with van der Waals surface area (Å²) in [4.78, 5) is 30.5. The third kappa shape index (κ3) is 4.36. The van der Waals surface area contributed by atoms with Gasteiger partial charge in [0.1, 0.15) is 11.6 Å². The summed E-state index contributed by atoms with van der Waals surface area (Å²) in [5.74, 6) is -0.499. The van der Waals surface area contributed by atoms with Crippen molar-refractivity contribution in [3.05, 3.63) is 82.4 Å².